The molecule has 1 aromatic heterocycles. The molecule has 0 saturated carbocycles. The Labute approximate surface area is 178 Å². The number of ether oxygens (including phenoxy) is 1. The summed E-state index contributed by atoms with van der Waals surface area (Å²) in [6, 6.07) is 19.9. The van der Waals surface area contributed by atoms with Gasteiger partial charge in [0.1, 0.15) is 5.69 Å². The van der Waals surface area contributed by atoms with E-state index in [-0.39, 0.29) is 0 Å². The van der Waals surface area contributed by atoms with Crippen LogP contribution in [0.3, 0.4) is 0 Å². The molecule has 0 radical (unpaired) electrons. The number of nitrogens with one attached hydrogen (secondary N) is 1. The molecule has 0 amide bonds. The van der Waals surface area contributed by atoms with Gasteiger partial charge in [0, 0.05) is 56.3 Å². The first-order valence-corrected chi connectivity index (χ1v) is 10.5. The SMILES string of the molecule is CCc1cc(C(O)(OC)c2ncccc2-c2ccccc2)ccc1N1CCNCC1. The predicted octanol–water partition coefficient (Wildman–Crippen LogP) is 3.56. The van der Waals surface area contributed by atoms with E-state index >= 15 is 0 Å². The monoisotopic (exact) mass is 403 g/mol. The molecule has 2 N–H and O–H groups in total. The molecule has 1 aliphatic rings. The van der Waals surface area contributed by atoms with E-state index in [9.17, 15) is 5.11 Å². The zero-order chi connectivity index (χ0) is 21.0. The molecule has 3 aromatic rings. The number of anilines is 1. The number of piperazine rings is 1. The molecular formula is C25H29N3O2. The summed E-state index contributed by atoms with van der Waals surface area (Å²) in [6.07, 6.45) is 2.57. The van der Waals surface area contributed by atoms with Crippen LogP contribution >= 0.6 is 0 Å². The number of benzene rings is 2. The van der Waals surface area contributed by atoms with Gasteiger partial charge >= 0.3 is 0 Å². The highest BCUT2D eigenvalue weighted by atomic mass is 16.6. The lowest BCUT2D eigenvalue weighted by atomic mass is 9.92. The van der Waals surface area contributed by atoms with Crippen LogP contribution in [0.15, 0.2) is 66.9 Å². The van der Waals surface area contributed by atoms with Crippen molar-refractivity contribution in [3.63, 3.8) is 0 Å². The van der Waals surface area contributed by atoms with E-state index in [0.29, 0.717) is 11.3 Å². The number of aryl methyl sites for hydroxylation is 1. The molecule has 30 heavy (non-hydrogen) atoms. The first-order chi connectivity index (χ1) is 14.7. The zero-order valence-corrected chi connectivity index (χ0v) is 17.6. The van der Waals surface area contributed by atoms with Crippen molar-refractivity contribution in [1.82, 2.24) is 10.3 Å². The van der Waals surface area contributed by atoms with Gasteiger partial charge in [-0.25, -0.2) is 0 Å². The summed E-state index contributed by atoms with van der Waals surface area (Å²) in [5, 5.41) is 15.1. The summed E-state index contributed by atoms with van der Waals surface area (Å²) >= 11 is 0. The van der Waals surface area contributed by atoms with E-state index in [1.54, 1.807) is 6.20 Å². The largest absolute Gasteiger partial charge is 0.369 e. The molecule has 0 spiro atoms. The lowest BCUT2D eigenvalue weighted by Crippen LogP contribution is -2.44. The Kier molecular flexibility index (Phi) is 6.13. The van der Waals surface area contributed by atoms with Crippen LogP contribution in [0, 0.1) is 0 Å². The number of aromatic nitrogens is 1. The molecule has 1 atom stereocenters. The Hall–Kier alpha value is -2.73. The Balaban J connectivity index is 1.79. The number of rotatable bonds is 6. The molecule has 1 unspecified atom stereocenters. The fraction of sp³-hybridized carbons (Fsp3) is 0.320. The van der Waals surface area contributed by atoms with Crippen molar-refractivity contribution >= 4 is 5.69 Å². The number of pyridine rings is 1. The number of methoxy groups -OCH3 is 1. The minimum atomic E-state index is -1.64. The van der Waals surface area contributed by atoms with E-state index in [1.165, 1.54) is 18.4 Å². The molecule has 156 valence electrons. The second-order valence-electron chi connectivity index (χ2n) is 7.55. The van der Waals surface area contributed by atoms with Gasteiger partial charge in [0.25, 0.3) is 0 Å². The van der Waals surface area contributed by atoms with Crippen LogP contribution in [0.4, 0.5) is 5.69 Å². The van der Waals surface area contributed by atoms with Crippen LogP contribution in [0.25, 0.3) is 11.1 Å². The molecule has 0 aliphatic carbocycles. The standard InChI is InChI=1S/C25H29N3O2/c1-3-19-18-21(11-12-23(19)28-16-14-26-15-17-28)25(29,30-2)24-22(10-7-13-27-24)20-8-5-4-6-9-20/h4-13,18,26,29H,3,14-17H2,1-2H3. The molecule has 5 heteroatoms. The molecule has 2 aromatic carbocycles. The molecule has 1 aliphatic heterocycles. The smallest absolute Gasteiger partial charge is 0.237 e. The summed E-state index contributed by atoms with van der Waals surface area (Å²) < 4.78 is 5.73. The van der Waals surface area contributed by atoms with Crippen LogP contribution in [-0.4, -0.2) is 43.4 Å². The topological polar surface area (TPSA) is 57.6 Å². The predicted molar refractivity (Wildman–Crippen MR) is 121 cm³/mol. The van der Waals surface area contributed by atoms with Gasteiger partial charge in [-0.15, -0.1) is 0 Å². The Morgan fingerprint density at radius 1 is 1.07 bits per heavy atom. The van der Waals surface area contributed by atoms with Crippen molar-refractivity contribution < 1.29 is 9.84 Å². The summed E-state index contributed by atoms with van der Waals surface area (Å²) in [5.74, 6) is -1.64. The van der Waals surface area contributed by atoms with Crippen molar-refractivity contribution in [2.24, 2.45) is 0 Å². The fourth-order valence-electron chi connectivity index (χ4n) is 4.17. The average molecular weight is 404 g/mol. The van der Waals surface area contributed by atoms with E-state index in [2.05, 4.69) is 34.3 Å². The van der Waals surface area contributed by atoms with E-state index in [1.807, 2.05) is 48.5 Å². The van der Waals surface area contributed by atoms with Gasteiger partial charge in [0.15, 0.2) is 0 Å². The Bertz CT molecular complexity index is 987. The Morgan fingerprint density at radius 2 is 1.83 bits per heavy atom. The molecule has 5 nitrogen and oxygen atoms in total. The third kappa shape index (κ3) is 3.84. The van der Waals surface area contributed by atoms with Crippen molar-refractivity contribution in [3.8, 4) is 11.1 Å². The maximum atomic E-state index is 11.7. The average Bonchev–Trinajstić information content (AvgIpc) is 2.84. The van der Waals surface area contributed by atoms with Crippen LogP contribution in [0.2, 0.25) is 0 Å². The molecule has 1 fully saturated rings. The first-order valence-electron chi connectivity index (χ1n) is 10.5. The van der Waals surface area contributed by atoms with Crippen LogP contribution < -0.4 is 10.2 Å². The van der Waals surface area contributed by atoms with Gasteiger partial charge in [-0.2, -0.15) is 0 Å². The minimum absolute atomic E-state index is 0.496. The lowest BCUT2D eigenvalue weighted by molar-refractivity contribution is -0.162. The minimum Gasteiger partial charge on any atom is -0.369 e. The Morgan fingerprint density at radius 3 is 2.53 bits per heavy atom. The van der Waals surface area contributed by atoms with E-state index < -0.39 is 5.79 Å². The van der Waals surface area contributed by atoms with Gasteiger partial charge in [-0.1, -0.05) is 49.4 Å². The van der Waals surface area contributed by atoms with Gasteiger partial charge < -0.3 is 20.1 Å². The first kappa shape index (κ1) is 20.5. The highest BCUT2D eigenvalue weighted by Gasteiger charge is 2.36. The van der Waals surface area contributed by atoms with E-state index in [0.717, 1.165) is 43.7 Å². The second kappa shape index (κ2) is 8.96. The number of aliphatic hydroxyl groups is 1. The van der Waals surface area contributed by atoms with Gasteiger partial charge in [0.2, 0.25) is 5.79 Å². The molecule has 1 saturated heterocycles. The normalized spacial score (nSPS) is 16.3. The summed E-state index contributed by atoms with van der Waals surface area (Å²) in [7, 11) is 1.53. The van der Waals surface area contributed by atoms with Crippen molar-refractivity contribution in [3.05, 3.63) is 83.7 Å². The van der Waals surface area contributed by atoms with Crippen molar-refractivity contribution in [2.75, 3.05) is 38.2 Å². The number of hydrogen-bond acceptors (Lipinski definition) is 5. The highest BCUT2D eigenvalue weighted by Crippen LogP contribution is 2.37. The quantitative estimate of drug-likeness (QED) is 0.617. The van der Waals surface area contributed by atoms with Gasteiger partial charge in [0.05, 0.1) is 0 Å². The molecule has 4 rings (SSSR count). The summed E-state index contributed by atoms with van der Waals surface area (Å²) in [5.41, 5.74) is 5.45. The third-order valence-electron chi connectivity index (χ3n) is 5.82. The number of hydrogen-bond donors (Lipinski definition) is 2. The highest BCUT2D eigenvalue weighted by molar-refractivity contribution is 5.68. The van der Waals surface area contributed by atoms with Crippen molar-refractivity contribution in [2.45, 2.75) is 19.1 Å². The lowest BCUT2D eigenvalue weighted by Gasteiger charge is -2.33. The molecule has 0 bridgehead atoms. The van der Waals surface area contributed by atoms with Crippen LogP contribution in [0.5, 0.6) is 0 Å². The maximum absolute atomic E-state index is 11.7. The summed E-state index contributed by atoms with van der Waals surface area (Å²) in [4.78, 5) is 6.95. The third-order valence-corrected chi connectivity index (χ3v) is 5.82. The van der Waals surface area contributed by atoms with Crippen molar-refractivity contribution in [1.29, 1.82) is 0 Å². The summed E-state index contributed by atoms with van der Waals surface area (Å²) in [6.45, 7) is 6.09. The van der Waals surface area contributed by atoms with Crippen LogP contribution in [0.1, 0.15) is 23.7 Å². The van der Waals surface area contributed by atoms with Gasteiger partial charge in [-0.05, 0) is 35.7 Å². The number of nitrogens with zero attached hydrogens (tertiary/aromatic N) is 2. The van der Waals surface area contributed by atoms with Crippen LogP contribution in [-0.2, 0) is 16.9 Å². The fourth-order valence-corrected chi connectivity index (χ4v) is 4.17. The second-order valence-corrected chi connectivity index (χ2v) is 7.55. The van der Waals surface area contributed by atoms with Gasteiger partial charge in [-0.3, -0.25) is 4.98 Å². The van der Waals surface area contributed by atoms with E-state index in [4.69, 9.17) is 4.74 Å². The molecule has 2 heterocycles. The molecular weight excluding hydrogens is 374 g/mol. The zero-order valence-electron chi connectivity index (χ0n) is 17.6. The maximum Gasteiger partial charge on any atom is 0.237 e.